The summed E-state index contributed by atoms with van der Waals surface area (Å²) in [7, 11) is -3.85. The van der Waals surface area contributed by atoms with Crippen molar-refractivity contribution in [3.05, 3.63) is 48.0 Å². The van der Waals surface area contributed by atoms with E-state index in [1.54, 1.807) is 39.8 Å². The van der Waals surface area contributed by atoms with Crippen molar-refractivity contribution >= 4 is 33.3 Å². The topological polar surface area (TPSA) is 99.2 Å². The van der Waals surface area contributed by atoms with Gasteiger partial charge in [-0.15, -0.1) is 0 Å². The van der Waals surface area contributed by atoms with Crippen LogP contribution in [0.3, 0.4) is 0 Å². The molecule has 0 aliphatic carbocycles. The van der Waals surface area contributed by atoms with Crippen molar-refractivity contribution in [1.82, 2.24) is 0 Å². The molecule has 0 radical (unpaired) electrons. The second-order valence-corrected chi connectivity index (χ2v) is 9.49. The summed E-state index contributed by atoms with van der Waals surface area (Å²) in [4.78, 5) is 29.6. The van der Waals surface area contributed by atoms with Gasteiger partial charge in [-0.25, -0.2) is 13.2 Å². The van der Waals surface area contributed by atoms with Gasteiger partial charge in [-0.05, 0) is 57.5 Å². The number of carbonyl (C=O) groups is 2. The van der Waals surface area contributed by atoms with Gasteiger partial charge in [-0.1, -0.05) is 18.2 Å². The van der Waals surface area contributed by atoms with E-state index in [2.05, 4.69) is 0 Å². The summed E-state index contributed by atoms with van der Waals surface area (Å²) in [5.41, 5.74) is -0.00220. The van der Waals surface area contributed by atoms with Crippen LogP contribution in [0.2, 0.25) is 0 Å². The quantitative estimate of drug-likeness (QED) is 0.669. The Balaban J connectivity index is 2.08. The molecule has 2 aromatic carbocycles. The number of para-hydroxylation sites is 1. The normalized spacial score (nSPS) is 14.3. The molecule has 0 atom stereocenters. The maximum atomic E-state index is 13.1. The van der Waals surface area contributed by atoms with Gasteiger partial charge >= 0.3 is 12.1 Å². The number of rotatable bonds is 4. The van der Waals surface area contributed by atoms with E-state index in [9.17, 15) is 18.0 Å². The molecular weight excluding hydrogens is 410 g/mol. The molecule has 3 rings (SSSR count). The molecule has 0 N–H and O–H groups in total. The highest BCUT2D eigenvalue weighted by atomic mass is 32.2. The maximum absolute atomic E-state index is 13.1. The molecule has 1 aliphatic heterocycles. The number of esters is 1. The minimum absolute atomic E-state index is 0.000739. The van der Waals surface area contributed by atoms with Crippen LogP contribution in [-0.4, -0.2) is 32.8 Å². The number of benzene rings is 2. The Morgan fingerprint density at radius 3 is 2.33 bits per heavy atom. The number of hydrogen-bond donors (Lipinski definition) is 0. The average molecular weight is 433 g/mol. The molecule has 2 aromatic rings. The van der Waals surface area contributed by atoms with Crippen LogP contribution in [0.25, 0.3) is 0 Å². The fourth-order valence-electron chi connectivity index (χ4n) is 2.98. The highest BCUT2D eigenvalue weighted by Crippen LogP contribution is 2.44. The Labute approximate surface area is 175 Å². The van der Waals surface area contributed by atoms with Crippen LogP contribution in [0.5, 0.6) is 0 Å². The lowest BCUT2D eigenvalue weighted by atomic mass is 10.1. The van der Waals surface area contributed by atoms with Crippen molar-refractivity contribution in [3.63, 3.8) is 0 Å². The molecule has 1 heterocycles. The number of anilines is 2. The first kappa shape index (κ1) is 21.6. The fraction of sp³-hybridized carbons (Fsp3) is 0.333. The van der Waals surface area contributed by atoms with E-state index >= 15 is 0 Å². The molecule has 9 heteroatoms. The van der Waals surface area contributed by atoms with Crippen LogP contribution in [0.1, 0.15) is 33.3 Å². The van der Waals surface area contributed by atoms with Gasteiger partial charge in [0.1, 0.15) is 17.0 Å². The number of sulfone groups is 1. The molecule has 0 saturated carbocycles. The van der Waals surface area contributed by atoms with Gasteiger partial charge in [-0.2, -0.15) is 5.06 Å². The number of fused-ring (bicyclic) bond motifs is 2. The smallest absolute Gasteiger partial charge is 0.466 e. The monoisotopic (exact) mass is 433 g/mol. The van der Waals surface area contributed by atoms with E-state index in [0.29, 0.717) is 5.56 Å². The predicted molar refractivity (Wildman–Crippen MR) is 108 cm³/mol. The lowest BCUT2D eigenvalue weighted by Crippen LogP contribution is -2.32. The third kappa shape index (κ3) is 4.40. The molecule has 0 aromatic heterocycles. The first-order valence-electron chi connectivity index (χ1n) is 9.36. The predicted octanol–water partition coefficient (Wildman–Crippen LogP) is 3.94. The van der Waals surface area contributed by atoms with Gasteiger partial charge in [0.2, 0.25) is 9.84 Å². The Bertz CT molecular complexity index is 1090. The number of nitrogens with zero attached hydrogens (tertiary/aromatic N) is 1. The highest BCUT2D eigenvalue weighted by Gasteiger charge is 2.37. The molecule has 30 heavy (non-hydrogen) atoms. The molecule has 0 saturated heterocycles. The standard InChI is InChI=1S/C21H23NO7S/c1-5-27-19(23)13-14-10-11-18-16(12-14)22(29-20(24)28-21(2,3)4)15-8-6-7-9-17(15)30(18,25)26/h6-12H,5,13H2,1-4H3. The van der Waals surface area contributed by atoms with Crippen molar-refractivity contribution in [1.29, 1.82) is 0 Å². The molecule has 0 bridgehead atoms. The summed E-state index contributed by atoms with van der Waals surface area (Å²) in [6.45, 7) is 7.00. The van der Waals surface area contributed by atoms with E-state index in [4.69, 9.17) is 14.3 Å². The lowest BCUT2D eigenvalue weighted by molar-refractivity contribution is -0.142. The second kappa shape index (κ2) is 7.98. The summed E-state index contributed by atoms with van der Waals surface area (Å²) < 4.78 is 36.4. The third-order valence-electron chi connectivity index (χ3n) is 4.11. The Morgan fingerprint density at radius 2 is 1.67 bits per heavy atom. The average Bonchev–Trinajstić information content (AvgIpc) is 2.64. The van der Waals surface area contributed by atoms with Gasteiger partial charge in [0, 0.05) is 0 Å². The second-order valence-electron chi connectivity index (χ2n) is 7.61. The Kier molecular flexibility index (Phi) is 5.76. The minimum atomic E-state index is -3.85. The van der Waals surface area contributed by atoms with E-state index in [1.807, 2.05) is 0 Å². The van der Waals surface area contributed by atoms with Crippen molar-refractivity contribution in [2.24, 2.45) is 0 Å². The van der Waals surface area contributed by atoms with Crippen LogP contribution in [0.15, 0.2) is 52.3 Å². The zero-order valence-electron chi connectivity index (χ0n) is 17.2. The minimum Gasteiger partial charge on any atom is -0.466 e. The SMILES string of the molecule is CCOC(=O)Cc1ccc2c(c1)N(OC(=O)OC(C)(C)C)c1ccccc1S2(=O)=O. The van der Waals surface area contributed by atoms with Gasteiger partial charge in [0.25, 0.3) is 0 Å². The molecule has 1 aliphatic rings. The molecule has 8 nitrogen and oxygen atoms in total. The molecular formula is C21H23NO7S. The van der Waals surface area contributed by atoms with Crippen LogP contribution in [0.4, 0.5) is 16.2 Å². The molecule has 0 unspecified atom stereocenters. The van der Waals surface area contributed by atoms with Gasteiger partial charge in [-0.3, -0.25) is 4.79 Å². The Morgan fingerprint density at radius 1 is 1.00 bits per heavy atom. The molecule has 0 amide bonds. The van der Waals surface area contributed by atoms with Gasteiger partial charge < -0.3 is 14.3 Å². The van der Waals surface area contributed by atoms with Crippen LogP contribution < -0.4 is 5.06 Å². The fourth-order valence-corrected chi connectivity index (χ4v) is 4.56. The third-order valence-corrected chi connectivity index (χ3v) is 5.96. The van der Waals surface area contributed by atoms with Crippen molar-refractivity contribution in [2.45, 2.75) is 49.5 Å². The number of ether oxygens (including phenoxy) is 2. The van der Waals surface area contributed by atoms with Crippen LogP contribution >= 0.6 is 0 Å². The Hall–Kier alpha value is -3.07. The summed E-state index contributed by atoms with van der Waals surface area (Å²) in [5, 5.41) is 1.12. The molecule has 160 valence electrons. The largest absolute Gasteiger partial charge is 0.534 e. The maximum Gasteiger partial charge on any atom is 0.534 e. The van der Waals surface area contributed by atoms with Gasteiger partial charge in [0.05, 0.1) is 22.8 Å². The lowest BCUT2D eigenvalue weighted by Gasteiger charge is -2.31. The molecule has 0 fully saturated rings. The van der Waals surface area contributed by atoms with Crippen molar-refractivity contribution in [2.75, 3.05) is 11.7 Å². The van der Waals surface area contributed by atoms with Crippen LogP contribution in [-0.2, 0) is 35.4 Å². The van der Waals surface area contributed by atoms with Crippen LogP contribution in [0, 0.1) is 0 Å². The number of hydrogen-bond acceptors (Lipinski definition) is 8. The summed E-state index contributed by atoms with van der Waals surface area (Å²) >= 11 is 0. The van der Waals surface area contributed by atoms with Crippen molar-refractivity contribution < 1.29 is 32.3 Å². The summed E-state index contributed by atoms with van der Waals surface area (Å²) in [6, 6.07) is 10.6. The molecule has 0 spiro atoms. The van der Waals surface area contributed by atoms with Crippen molar-refractivity contribution in [3.8, 4) is 0 Å². The highest BCUT2D eigenvalue weighted by molar-refractivity contribution is 7.92. The zero-order valence-corrected chi connectivity index (χ0v) is 18.0. The van der Waals surface area contributed by atoms with E-state index in [-0.39, 0.29) is 34.2 Å². The number of carbonyl (C=O) groups excluding carboxylic acids is 2. The van der Waals surface area contributed by atoms with E-state index in [1.165, 1.54) is 30.3 Å². The van der Waals surface area contributed by atoms with Gasteiger partial charge in [0.15, 0.2) is 0 Å². The first-order valence-corrected chi connectivity index (χ1v) is 10.8. The van der Waals surface area contributed by atoms with E-state index in [0.717, 1.165) is 5.06 Å². The van der Waals surface area contributed by atoms with E-state index < -0.39 is 27.6 Å². The zero-order chi connectivity index (χ0) is 22.1. The first-order chi connectivity index (χ1) is 14.0. The summed E-state index contributed by atoms with van der Waals surface area (Å²) in [6.07, 6.45) is -1.04. The summed E-state index contributed by atoms with van der Waals surface area (Å²) in [5.74, 6) is -0.448.